The SMILES string of the molecule is Cc1c(-c2ccccn2)nc2cc(F)cc(F)c2c1Cl.Cc1c(-c2ccccn2)nc2cc(F)cc(F)c2c1Nc1ccnc(Cl)n1. The summed E-state index contributed by atoms with van der Waals surface area (Å²) in [6.45, 7) is 3.52. The van der Waals surface area contributed by atoms with E-state index in [9.17, 15) is 17.6 Å². The number of nitrogens with zero attached hydrogens (tertiary/aromatic N) is 6. The zero-order chi connectivity index (χ0) is 33.2. The highest BCUT2D eigenvalue weighted by Gasteiger charge is 2.19. The van der Waals surface area contributed by atoms with Crippen LogP contribution in [-0.2, 0) is 0 Å². The summed E-state index contributed by atoms with van der Waals surface area (Å²) in [6.07, 6.45) is 4.73. The van der Waals surface area contributed by atoms with E-state index in [1.807, 2.05) is 12.1 Å². The second kappa shape index (κ2) is 13.2. The van der Waals surface area contributed by atoms with Crippen molar-refractivity contribution in [3.8, 4) is 22.8 Å². The Morgan fingerprint density at radius 1 is 0.596 bits per heavy atom. The molecular formula is C34H21Cl2F4N7. The van der Waals surface area contributed by atoms with Gasteiger partial charge < -0.3 is 5.32 Å². The fourth-order valence-electron chi connectivity index (χ4n) is 4.96. The van der Waals surface area contributed by atoms with Gasteiger partial charge in [-0.3, -0.25) is 9.97 Å². The molecule has 0 spiro atoms. The maximum atomic E-state index is 14.6. The molecule has 0 saturated carbocycles. The Hall–Kier alpha value is -5.26. The fraction of sp³-hybridized carbons (Fsp3) is 0.0588. The maximum Gasteiger partial charge on any atom is 0.224 e. The Morgan fingerprint density at radius 3 is 1.70 bits per heavy atom. The Labute approximate surface area is 275 Å². The van der Waals surface area contributed by atoms with Gasteiger partial charge in [0.25, 0.3) is 0 Å². The molecule has 0 radical (unpaired) electrons. The highest BCUT2D eigenvalue weighted by molar-refractivity contribution is 6.36. The molecule has 0 saturated heterocycles. The van der Waals surface area contributed by atoms with Crippen LogP contribution in [0, 0.1) is 37.1 Å². The molecule has 5 heterocycles. The normalized spacial score (nSPS) is 11.0. The van der Waals surface area contributed by atoms with Crippen LogP contribution in [0.5, 0.6) is 0 Å². The fourth-order valence-corrected chi connectivity index (χ4v) is 5.38. The number of rotatable bonds is 4. The van der Waals surface area contributed by atoms with Gasteiger partial charge in [0.05, 0.1) is 55.3 Å². The number of anilines is 2. The van der Waals surface area contributed by atoms with E-state index >= 15 is 0 Å². The maximum absolute atomic E-state index is 14.6. The van der Waals surface area contributed by atoms with E-state index in [-0.39, 0.29) is 32.1 Å². The van der Waals surface area contributed by atoms with Gasteiger partial charge >= 0.3 is 0 Å². The molecule has 0 amide bonds. The van der Waals surface area contributed by atoms with Gasteiger partial charge in [-0.1, -0.05) is 23.7 Å². The lowest BCUT2D eigenvalue weighted by Gasteiger charge is -2.16. The molecule has 234 valence electrons. The van der Waals surface area contributed by atoms with Gasteiger partial charge in [-0.15, -0.1) is 0 Å². The van der Waals surface area contributed by atoms with Crippen molar-refractivity contribution in [2.75, 3.05) is 5.32 Å². The van der Waals surface area contributed by atoms with E-state index in [0.717, 1.165) is 18.2 Å². The molecule has 7 nitrogen and oxygen atoms in total. The van der Waals surface area contributed by atoms with Gasteiger partial charge in [0.2, 0.25) is 5.28 Å². The molecule has 13 heteroatoms. The summed E-state index contributed by atoms with van der Waals surface area (Å²) in [7, 11) is 0. The third kappa shape index (κ3) is 6.53. The second-order valence-corrected chi connectivity index (χ2v) is 10.9. The third-order valence-electron chi connectivity index (χ3n) is 7.11. The lowest BCUT2D eigenvalue weighted by molar-refractivity contribution is 0.591. The van der Waals surface area contributed by atoms with Crippen LogP contribution >= 0.6 is 23.2 Å². The molecule has 0 aliphatic rings. The first-order valence-corrected chi connectivity index (χ1v) is 14.7. The van der Waals surface area contributed by atoms with Gasteiger partial charge in [0.15, 0.2) is 0 Å². The second-order valence-electron chi connectivity index (χ2n) is 10.2. The van der Waals surface area contributed by atoms with E-state index < -0.39 is 23.3 Å². The zero-order valence-electron chi connectivity index (χ0n) is 24.5. The first-order chi connectivity index (χ1) is 22.6. The highest BCUT2D eigenvalue weighted by Crippen LogP contribution is 2.37. The largest absolute Gasteiger partial charge is 0.339 e. The average Bonchev–Trinajstić information content (AvgIpc) is 3.04. The Bertz CT molecular complexity index is 2270. The van der Waals surface area contributed by atoms with Crippen molar-refractivity contribution in [1.82, 2.24) is 29.9 Å². The number of fused-ring (bicyclic) bond motifs is 2. The lowest BCUT2D eigenvalue weighted by atomic mass is 10.0. The monoisotopic (exact) mass is 673 g/mol. The molecule has 7 rings (SSSR count). The van der Waals surface area contributed by atoms with E-state index in [4.69, 9.17) is 23.2 Å². The van der Waals surface area contributed by atoms with Crippen molar-refractivity contribution in [1.29, 1.82) is 0 Å². The highest BCUT2D eigenvalue weighted by atomic mass is 35.5. The summed E-state index contributed by atoms with van der Waals surface area (Å²) < 4.78 is 55.6. The average molecular weight is 674 g/mol. The van der Waals surface area contributed by atoms with Gasteiger partial charge in [-0.05, 0) is 61.3 Å². The quantitative estimate of drug-likeness (QED) is 0.147. The number of halogens is 6. The van der Waals surface area contributed by atoms with E-state index in [1.54, 1.807) is 56.6 Å². The van der Waals surface area contributed by atoms with Crippen LogP contribution in [-0.4, -0.2) is 29.9 Å². The molecule has 0 atom stereocenters. The van der Waals surface area contributed by atoms with Crippen molar-refractivity contribution in [3.63, 3.8) is 0 Å². The molecule has 0 unspecified atom stereocenters. The number of nitrogens with one attached hydrogen (secondary N) is 1. The van der Waals surface area contributed by atoms with Crippen LogP contribution in [0.4, 0.5) is 29.1 Å². The molecule has 5 aromatic heterocycles. The first kappa shape index (κ1) is 31.7. The minimum Gasteiger partial charge on any atom is -0.339 e. The van der Waals surface area contributed by atoms with Crippen LogP contribution in [0.15, 0.2) is 85.3 Å². The molecule has 0 aliphatic heterocycles. The first-order valence-electron chi connectivity index (χ1n) is 13.9. The predicted molar refractivity (Wildman–Crippen MR) is 175 cm³/mol. The topological polar surface area (TPSA) is 89.4 Å². The number of pyridine rings is 4. The number of benzene rings is 2. The smallest absolute Gasteiger partial charge is 0.224 e. The summed E-state index contributed by atoms with van der Waals surface area (Å²) in [5.74, 6) is -2.46. The van der Waals surface area contributed by atoms with Crippen LogP contribution in [0.25, 0.3) is 44.6 Å². The molecule has 0 aliphatic carbocycles. The third-order valence-corrected chi connectivity index (χ3v) is 7.77. The van der Waals surface area contributed by atoms with E-state index in [0.29, 0.717) is 45.4 Å². The number of hydrogen-bond donors (Lipinski definition) is 1. The van der Waals surface area contributed by atoms with Crippen molar-refractivity contribution in [2.24, 2.45) is 0 Å². The molecule has 1 N–H and O–H groups in total. The lowest BCUT2D eigenvalue weighted by Crippen LogP contribution is -2.03. The van der Waals surface area contributed by atoms with Crippen molar-refractivity contribution >= 4 is 56.5 Å². The van der Waals surface area contributed by atoms with Gasteiger partial charge in [-0.25, -0.2) is 37.5 Å². The van der Waals surface area contributed by atoms with Gasteiger partial charge in [0.1, 0.15) is 29.1 Å². The summed E-state index contributed by atoms with van der Waals surface area (Å²) in [5, 5.41) is 3.62. The van der Waals surface area contributed by atoms with Crippen LogP contribution < -0.4 is 5.32 Å². The summed E-state index contributed by atoms with van der Waals surface area (Å²) in [5.41, 5.74) is 4.24. The minimum absolute atomic E-state index is 0.0486. The number of hydrogen-bond acceptors (Lipinski definition) is 7. The molecule has 47 heavy (non-hydrogen) atoms. The summed E-state index contributed by atoms with van der Waals surface area (Å²) in [6, 6.07) is 16.3. The van der Waals surface area contributed by atoms with Crippen LogP contribution in [0.1, 0.15) is 11.1 Å². The van der Waals surface area contributed by atoms with Gasteiger partial charge in [0, 0.05) is 48.4 Å². The van der Waals surface area contributed by atoms with Gasteiger partial charge in [-0.2, -0.15) is 0 Å². The van der Waals surface area contributed by atoms with E-state index in [2.05, 4.69) is 35.2 Å². The van der Waals surface area contributed by atoms with Crippen molar-refractivity contribution in [3.05, 3.63) is 130 Å². The zero-order valence-corrected chi connectivity index (χ0v) is 26.0. The Balaban J connectivity index is 0.000000172. The summed E-state index contributed by atoms with van der Waals surface area (Å²) >= 11 is 12.0. The Morgan fingerprint density at radius 2 is 1.15 bits per heavy atom. The van der Waals surface area contributed by atoms with Crippen LogP contribution in [0.3, 0.4) is 0 Å². The van der Waals surface area contributed by atoms with Crippen molar-refractivity contribution < 1.29 is 17.6 Å². The minimum atomic E-state index is -0.726. The predicted octanol–water partition coefficient (Wildman–Crippen LogP) is 9.61. The molecule has 0 fully saturated rings. The molecule has 7 aromatic rings. The summed E-state index contributed by atoms with van der Waals surface area (Å²) in [4.78, 5) is 25.1. The molecule has 0 bridgehead atoms. The van der Waals surface area contributed by atoms with Crippen molar-refractivity contribution in [2.45, 2.75) is 13.8 Å². The Kier molecular flexibility index (Phi) is 8.93. The van der Waals surface area contributed by atoms with E-state index in [1.165, 1.54) is 12.3 Å². The van der Waals surface area contributed by atoms with Crippen LogP contribution in [0.2, 0.25) is 10.3 Å². The number of aromatic nitrogens is 6. The standard InChI is InChI=1S/C19H12ClF2N5.C15H9ClF2N2/c1-10-17(13-4-2-3-6-23-13)25-14-9-11(21)8-12(22)16(14)18(10)26-15-5-7-24-19(20)27-15;1-8-14(16)13-10(18)6-9(17)7-12(13)20-15(8)11-4-2-3-5-19-11/h2-9H,1H3,(H,24,25,26,27);2-7H,1H3. The molecular weight excluding hydrogens is 653 g/mol. The molecule has 2 aromatic carbocycles.